The Kier molecular flexibility index (Phi) is 4.56. The van der Waals surface area contributed by atoms with E-state index in [0.717, 1.165) is 25.9 Å². The van der Waals surface area contributed by atoms with E-state index in [2.05, 4.69) is 31.4 Å². The van der Waals surface area contributed by atoms with Gasteiger partial charge in [0.2, 0.25) is 0 Å². The Bertz CT molecular complexity index is 353. The molecule has 0 aromatic carbocycles. The molecule has 3 unspecified atom stereocenters. The zero-order chi connectivity index (χ0) is 12.3. The average molecular weight is 254 g/mol. The van der Waals surface area contributed by atoms with Crippen LogP contribution in [0.25, 0.3) is 0 Å². The van der Waals surface area contributed by atoms with Crippen molar-refractivity contribution in [3.8, 4) is 0 Å². The minimum absolute atomic E-state index is 0.232. The quantitative estimate of drug-likeness (QED) is 0.625. The number of hydrazine groups is 1. The molecule has 17 heavy (non-hydrogen) atoms. The SMILES string of the molecule is CCc1ccc(CC(NN)C2OCCC2C)s1. The van der Waals surface area contributed by atoms with Crippen LogP contribution in [0.3, 0.4) is 0 Å². The van der Waals surface area contributed by atoms with Crippen LogP contribution in [-0.2, 0) is 17.6 Å². The first kappa shape index (κ1) is 13.0. The van der Waals surface area contributed by atoms with E-state index in [-0.39, 0.29) is 12.1 Å². The first-order valence-electron chi connectivity index (χ1n) is 6.40. The number of thiophene rings is 1. The van der Waals surface area contributed by atoms with Crippen molar-refractivity contribution < 1.29 is 4.74 Å². The van der Waals surface area contributed by atoms with E-state index in [9.17, 15) is 0 Å². The lowest BCUT2D eigenvalue weighted by atomic mass is 9.95. The maximum atomic E-state index is 5.79. The van der Waals surface area contributed by atoms with Gasteiger partial charge >= 0.3 is 0 Å². The van der Waals surface area contributed by atoms with Crippen LogP contribution in [-0.4, -0.2) is 18.8 Å². The van der Waals surface area contributed by atoms with Gasteiger partial charge in [0.05, 0.1) is 12.1 Å². The lowest BCUT2D eigenvalue weighted by molar-refractivity contribution is 0.0613. The number of nitrogens with two attached hydrogens (primary N) is 1. The van der Waals surface area contributed by atoms with Gasteiger partial charge in [0.15, 0.2) is 0 Å². The molecular weight excluding hydrogens is 232 g/mol. The second kappa shape index (κ2) is 5.96. The number of aryl methyl sites for hydroxylation is 1. The summed E-state index contributed by atoms with van der Waals surface area (Å²) in [4.78, 5) is 2.84. The molecule has 1 aliphatic heterocycles. The number of hydrogen-bond acceptors (Lipinski definition) is 4. The zero-order valence-electron chi connectivity index (χ0n) is 10.6. The molecule has 0 saturated carbocycles. The topological polar surface area (TPSA) is 47.3 Å². The summed E-state index contributed by atoms with van der Waals surface area (Å²) in [5, 5.41) is 0. The van der Waals surface area contributed by atoms with Crippen LogP contribution < -0.4 is 11.3 Å². The van der Waals surface area contributed by atoms with Gasteiger partial charge in [-0.15, -0.1) is 11.3 Å². The Labute approximate surface area is 107 Å². The number of ether oxygens (including phenoxy) is 1. The highest BCUT2D eigenvalue weighted by atomic mass is 32.1. The van der Waals surface area contributed by atoms with E-state index in [0.29, 0.717) is 5.92 Å². The van der Waals surface area contributed by atoms with Crippen LogP contribution in [0.15, 0.2) is 12.1 Å². The third kappa shape index (κ3) is 3.07. The highest BCUT2D eigenvalue weighted by molar-refractivity contribution is 7.11. The highest BCUT2D eigenvalue weighted by Gasteiger charge is 2.31. The molecule has 4 heteroatoms. The first-order chi connectivity index (χ1) is 8.24. The predicted octanol–water partition coefficient (Wildman–Crippen LogP) is 2.11. The van der Waals surface area contributed by atoms with Crippen LogP contribution in [0.2, 0.25) is 0 Å². The molecule has 1 aliphatic rings. The normalized spacial score (nSPS) is 26.3. The molecule has 2 rings (SSSR count). The number of hydrogen-bond donors (Lipinski definition) is 2. The summed E-state index contributed by atoms with van der Waals surface area (Å²) in [7, 11) is 0. The van der Waals surface area contributed by atoms with Gasteiger partial charge in [-0.2, -0.15) is 0 Å². The van der Waals surface area contributed by atoms with Crippen molar-refractivity contribution in [1.29, 1.82) is 0 Å². The summed E-state index contributed by atoms with van der Waals surface area (Å²) in [5.41, 5.74) is 2.93. The first-order valence-corrected chi connectivity index (χ1v) is 7.21. The van der Waals surface area contributed by atoms with E-state index in [4.69, 9.17) is 10.6 Å². The molecule has 1 aromatic heterocycles. The Morgan fingerprint density at radius 3 is 2.82 bits per heavy atom. The fourth-order valence-corrected chi connectivity index (χ4v) is 3.46. The fourth-order valence-electron chi connectivity index (χ4n) is 2.44. The van der Waals surface area contributed by atoms with E-state index in [1.54, 1.807) is 0 Å². The molecule has 2 heterocycles. The van der Waals surface area contributed by atoms with Gasteiger partial charge in [0, 0.05) is 22.8 Å². The average Bonchev–Trinajstić information content (AvgIpc) is 2.95. The molecule has 0 spiro atoms. The van der Waals surface area contributed by atoms with Crippen molar-refractivity contribution in [1.82, 2.24) is 5.43 Å². The van der Waals surface area contributed by atoms with Gasteiger partial charge < -0.3 is 4.74 Å². The summed E-state index contributed by atoms with van der Waals surface area (Å²) in [6.07, 6.45) is 3.48. The predicted molar refractivity (Wildman–Crippen MR) is 72.0 cm³/mol. The minimum Gasteiger partial charge on any atom is -0.376 e. The molecule has 0 aliphatic carbocycles. The minimum atomic E-state index is 0.232. The molecule has 0 bridgehead atoms. The van der Waals surface area contributed by atoms with Gasteiger partial charge in [-0.1, -0.05) is 13.8 Å². The van der Waals surface area contributed by atoms with Crippen LogP contribution in [0.4, 0.5) is 0 Å². The second-order valence-electron chi connectivity index (χ2n) is 4.80. The van der Waals surface area contributed by atoms with Crippen molar-refractivity contribution in [3.63, 3.8) is 0 Å². The van der Waals surface area contributed by atoms with Crippen LogP contribution in [0, 0.1) is 5.92 Å². The maximum absolute atomic E-state index is 5.79. The van der Waals surface area contributed by atoms with Gasteiger partial charge in [0.1, 0.15) is 0 Å². The van der Waals surface area contributed by atoms with Crippen LogP contribution in [0.5, 0.6) is 0 Å². The van der Waals surface area contributed by atoms with Crippen molar-refractivity contribution >= 4 is 11.3 Å². The molecule has 1 fully saturated rings. The monoisotopic (exact) mass is 254 g/mol. The van der Waals surface area contributed by atoms with E-state index in [1.165, 1.54) is 9.75 Å². The second-order valence-corrected chi connectivity index (χ2v) is 6.05. The van der Waals surface area contributed by atoms with Gasteiger partial charge in [-0.05, 0) is 30.9 Å². The van der Waals surface area contributed by atoms with Gasteiger partial charge in [-0.25, -0.2) is 0 Å². The molecule has 0 amide bonds. The zero-order valence-corrected chi connectivity index (χ0v) is 11.4. The Morgan fingerprint density at radius 2 is 2.29 bits per heavy atom. The van der Waals surface area contributed by atoms with Crippen molar-refractivity contribution in [2.45, 2.75) is 45.3 Å². The van der Waals surface area contributed by atoms with E-state index in [1.807, 2.05) is 11.3 Å². The Hall–Kier alpha value is -0.420. The summed E-state index contributed by atoms with van der Waals surface area (Å²) < 4.78 is 5.79. The lowest BCUT2D eigenvalue weighted by Crippen LogP contribution is -2.47. The molecule has 3 atom stereocenters. The van der Waals surface area contributed by atoms with Crippen LogP contribution in [0.1, 0.15) is 30.0 Å². The highest BCUT2D eigenvalue weighted by Crippen LogP contribution is 2.26. The van der Waals surface area contributed by atoms with E-state index < -0.39 is 0 Å². The molecule has 3 nitrogen and oxygen atoms in total. The molecular formula is C13H22N2OS. The molecule has 0 radical (unpaired) electrons. The van der Waals surface area contributed by atoms with Gasteiger partial charge in [-0.3, -0.25) is 11.3 Å². The molecule has 1 aromatic rings. The summed E-state index contributed by atoms with van der Waals surface area (Å²) in [6.45, 7) is 5.30. The molecule has 1 saturated heterocycles. The fraction of sp³-hybridized carbons (Fsp3) is 0.692. The summed E-state index contributed by atoms with van der Waals surface area (Å²) in [5.74, 6) is 6.28. The summed E-state index contributed by atoms with van der Waals surface area (Å²) >= 11 is 1.89. The largest absolute Gasteiger partial charge is 0.376 e. The van der Waals surface area contributed by atoms with Crippen molar-refractivity contribution in [2.75, 3.05) is 6.61 Å². The van der Waals surface area contributed by atoms with Crippen molar-refractivity contribution in [2.24, 2.45) is 11.8 Å². The van der Waals surface area contributed by atoms with Crippen LogP contribution >= 0.6 is 11.3 Å². The number of rotatable bonds is 5. The standard InChI is InChI=1S/C13H22N2OS/c1-3-10-4-5-11(17-10)8-12(15-14)13-9(2)6-7-16-13/h4-5,9,12-13,15H,3,6-8,14H2,1-2H3. The van der Waals surface area contributed by atoms with E-state index >= 15 is 0 Å². The number of nitrogens with one attached hydrogen (secondary N) is 1. The van der Waals surface area contributed by atoms with Crippen molar-refractivity contribution in [3.05, 3.63) is 21.9 Å². The third-order valence-electron chi connectivity index (χ3n) is 3.54. The smallest absolute Gasteiger partial charge is 0.0771 e. The maximum Gasteiger partial charge on any atom is 0.0771 e. The molecule has 3 N–H and O–H groups in total. The molecule has 96 valence electrons. The third-order valence-corrected chi connectivity index (χ3v) is 4.79. The summed E-state index contributed by atoms with van der Waals surface area (Å²) in [6, 6.07) is 4.66. The Balaban J connectivity index is 1.99. The lowest BCUT2D eigenvalue weighted by Gasteiger charge is -2.24. The Morgan fingerprint density at radius 1 is 1.53 bits per heavy atom. The van der Waals surface area contributed by atoms with Gasteiger partial charge in [0.25, 0.3) is 0 Å².